The number of ketones is 1. The first-order valence-corrected chi connectivity index (χ1v) is 12.1. The monoisotopic (exact) mass is 493 g/mol. The van der Waals surface area contributed by atoms with Gasteiger partial charge in [-0.15, -0.1) is 0 Å². The third-order valence-electron chi connectivity index (χ3n) is 6.51. The molecule has 1 saturated heterocycles. The van der Waals surface area contributed by atoms with E-state index in [0.29, 0.717) is 28.7 Å². The van der Waals surface area contributed by atoms with Crippen LogP contribution in [0, 0.1) is 0 Å². The van der Waals surface area contributed by atoms with E-state index in [1.807, 2.05) is 60.7 Å². The molecule has 4 aromatic rings. The van der Waals surface area contributed by atoms with Crippen molar-refractivity contribution in [3.63, 3.8) is 0 Å². The van der Waals surface area contributed by atoms with E-state index >= 15 is 0 Å². The van der Waals surface area contributed by atoms with Gasteiger partial charge in [-0.25, -0.2) is 0 Å². The molecule has 0 aliphatic carbocycles. The van der Waals surface area contributed by atoms with Gasteiger partial charge in [0.1, 0.15) is 6.10 Å². The van der Waals surface area contributed by atoms with E-state index in [4.69, 9.17) is 23.2 Å². The van der Waals surface area contributed by atoms with E-state index in [1.54, 1.807) is 18.3 Å². The Hall–Kier alpha value is -2.83. The predicted octanol–water partition coefficient (Wildman–Crippen LogP) is 5.58. The molecule has 0 amide bonds. The van der Waals surface area contributed by atoms with Gasteiger partial charge in [-0.1, -0.05) is 59.6 Å². The number of hydrogen-bond acceptors (Lipinski definition) is 4. The summed E-state index contributed by atoms with van der Waals surface area (Å²) in [6.07, 6.45) is 0.463. The quantitative estimate of drug-likeness (QED) is 0.344. The Morgan fingerprint density at radius 1 is 0.882 bits per heavy atom. The van der Waals surface area contributed by atoms with Crippen molar-refractivity contribution >= 4 is 45.6 Å². The fourth-order valence-electron chi connectivity index (χ4n) is 4.76. The molecule has 1 aromatic heterocycles. The normalized spacial score (nSPS) is 16.5. The lowest BCUT2D eigenvalue weighted by molar-refractivity contribution is 0.0366. The average molecular weight is 494 g/mol. The highest BCUT2D eigenvalue weighted by Crippen LogP contribution is 2.31. The number of aromatic nitrogens is 1. The number of anilines is 1. The molecule has 1 aliphatic heterocycles. The maximum absolute atomic E-state index is 13.5. The molecule has 2 heterocycles. The summed E-state index contributed by atoms with van der Waals surface area (Å²) in [5.41, 5.74) is 3.31. The van der Waals surface area contributed by atoms with Crippen LogP contribution in [-0.4, -0.2) is 53.1 Å². The highest BCUT2D eigenvalue weighted by molar-refractivity contribution is 6.31. The van der Waals surface area contributed by atoms with Crippen LogP contribution in [0.1, 0.15) is 22.0 Å². The molecule has 2 N–H and O–H groups in total. The maximum atomic E-state index is 13.5. The number of H-pyrrole nitrogens is 1. The van der Waals surface area contributed by atoms with Gasteiger partial charge in [-0.2, -0.15) is 0 Å². The Morgan fingerprint density at radius 2 is 1.62 bits per heavy atom. The van der Waals surface area contributed by atoms with Crippen LogP contribution in [0.2, 0.25) is 10.0 Å². The van der Waals surface area contributed by atoms with Gasteiger partial charge < -0.3 is 15.0 Å². The molecule has 1 aliphatic rings. The Morgan fingerprint density at radius 3 is 2.35 bits per heavy atom. The first-order chi connectivity index (χ1) is 16.5. The Labute approximate surface area is 208 Å². The van der Waals surface area contributed by atoms with Crippen molar-refractivity contribution in [2.24, 2.45) is 0 Å². The molecule has 174 valence electrons. The van der Waals surface area contributed by atoms with E-state index in [2.05, 4.69) is 14.8 Å². The summed E-state index contributed by atoms with van der Waals surface area (Å²) < 4.78 is 0. The second kappa shape index (κ2) is 9.80. The van der Waals surface area contributed by atoms with Crippen LogP contribution < -0.4 is 4.90 Å². The summed E-state index contributed by atoms with van der Waals surface area (Å²) in [6.45, 7) is 2.91. The summed E-state index contributed by atoms with van der Waals surface area (Å²) in [4.78, 5) is 21.1. The molecule has 1 fully saturated rings. The molecule has 5 nitrogen and oxygen atoms in total. The highest BCUT2D eigenvalue weighted by Gasteiger charge is 2.35. The van der Waals surface area contributed by atoms with Crippen molar-refractivity contribution in [2.75, 3.05) is 31.1 Å². The second-order valence-electron chi connectivity index (χ2n) is 8.56. The van der Waals surface area contributed by atoms with Crippen molar-refractivity contribution in [3.8, 4) is 0 Å². The maximum Gasteiger partial charge on any atom is 0.195 e. The number of carbonyl (C=O) groups excluding carboxylic acids is 1. The molecule has 3 aromatic carbocycles. The smallest absolute Gasteiger partial charge is 0.195 e. The van der Waals surface area contributed by atoms with Crippen molar-refractivity contribution in [1.82, 2.24) is 9.88 Å². The van der Waals surface area contributed by atoms with Crippen LogP contribution >= 0.6 is 23.2 Å². The number of hydrogen-bond donors (Lipinski definition) is 2. The van der Waals surface area contributed by atoms with E-state index in [-0.39, 0.29) is 5.78 Å². The molecule has 5 rings (SSSR count). The predicted molar refractivity (Wildman–Crippen MR) is 138 cm³/mol. The molecule has 0 radical (unpaired) electrons. The Balaban J connectivity index is 1.42. The van der Waals surface area contributed by atoms with Crippen LogP contribution in [0.3, 0.4) is 0 Å². The minimum atomic E-state index is -1.22. The van der Waals surface area contributed by atoms with Gasteiger partial charge in [0.25, 0.3) is 0 Å². The largest absolute Gasteiger partial charge is 0.383 e. The summed E-state index contributed by atoms with van der Waals surface area (Å²) in [6, 6.07) is 22.3. The van der Waals surface area contributed by atoms with E-state index in [9.17, 15) is 9.90 Å². The standard InChI is InChI=1S/C27H25Cl2N3O2/c28-19-10-8-18(9-11-19)25(27(34)26(33)23-17-30-24-7-2-1-6-22(23)24)32-14-12-31(13-15-32)21-5-3-4-20(29)16-21/h1-11,16-17,25,27,30,34H,12-15H2/t25-,27+/m1/s1. The Bertz CT molecular complexity index is 1300. The molecule has 0 spiro atoms. The topological polar surface area (TPSA) is 59.6 Å². The third kappa shape index (κ3) is 4.57. The number of fused-ring (bicyclic) bond motifs is 1. The molecule has 0 saturated carbocycles. The number of nitrogens with zero attached hydrogens (tertiary/aromatic N) is 2. The Kier molecular flexibility index (Phi) is 6.61. The van der Waals surface area contributed by atoms with Gasteiger partial charge in [0, 0.05) is 64.6 Å². The van der Waals surface area contributed by atoms with Crippen LogP contribution in [0.15, 0.2) is 79.0 Å². The SMILES string of the molecule is O=C(c1c[nH]c2ccccc12)[C@@H](O)[C@@H](c1ccc(Cl)cc1)N1CCN(c2cccc(Cl)c2)CC1. The van der Waals surface area contributed by atoms with Crippen molar-refractivity contribution < 1.29 is 9.90 Å². The van der Waals surface area contributed by atoms with Gasteiger partial charge >= 0.3 is 0 Å². The zero-order chi connectivity index (χ0) is 23.7. The lowest BCUT2D eigenvalue weighted by atomic mass is 9.93. The summed E-state index contributed by atoms with van der Waals surface area (Å²) >= 11 is 12.3. The minimum absolute atomic E-state index is 0.297. The number of aromatic amines is 1. The summed E-state index contributed by atoms with van der Waals surface area (Å²) in [5.74, 6) is -0.297. The summed E-state index contributed by atoms with van der Waals surface area (Å²) in [7, 11) is 0. The van der Waals surface area contributed by atoms with Gasteiger partial charge in [0.2, 0.25) is 0 Å². The van der Waals surface area contributed by atoms with Gasteiger partial charge in [0.05, 0.1) is 6.04 Å². The number of aliphatic hydroxyl groups excluding tert-OH is 1. The van der Waals surface area contributed by atoms with E-state index in [1.165, 1.54) is 0 Å². The molecular weight excluding hydrogens is 469 g/mol. The van der Waals surface area contributed by atoms with Crippen LogP contribution in [0.4, 0.5) is 5.69 Å². The minimum Gasteiger partial charge on any atom is -0.383 e. The number of Topliss-reactive ketones (excluding diaryl/α,β-unsaturated/α-hetero) is 1. The molecule has 0 unspecified atom stereocenters. The first-order valence-electron chi connectivity index (χ1n) is 11.3. The first kappa shape index (κ1) is 22.9. The molecule has 0 bridgehead atoms. The lowest BCUT2D eigenvalue weighted by Crippen LogP contribution is -2.51. The molecule has 7 heteroatoms. The average Bonchev–Trinajstić information content (AvgIpc) is 3.29. The summed E-state index contributed by atoms with van der Waals surface area (Å²) in [5, 5.41) is 13.6. The zero-order valence-electron chi connectivity index (χ0n) is 18.5. The van der Waals surface area contributed by atoms with E-state index in [0.717, 1.165) is 35.2 Å². The number of para-hydroxylation sites is 1. The van der Waals surface area contributed by atoms with E-state index < -0.39 is 12.1 Å². The lowest BCUT2D eigenvalue weighted by Gasteiger charge is -2.41. The van der Waals surface area contributed by atoms with Gasteiger partial charge in [-0.3, -0.25) is 9.69 Å². The number of halogens is 2. The van der Waals surface area contributed by atoms with Crippen molar-refractivity contribution in [3.05, 3.63) is 100 Å². The second-order valence-corrected chi connectivity index (χ2v) is 9.43. The number of aliphatic hydroxyl groups is 1. The van der Waals surface area contributed by atoms with Gasteiger partial charge in [-0.05, 0) is 42.0 Å². The highest BCUT2D eigenvalue weighted by atomic mass is 35.5. The van der Waals surface area contributed by atoms with Crippen LogP contribution in [-0.2, 0) is 0 Å². The molecule has 34 heavy (non-hydrogen) atoms. The number of rotatable bonds is 6. The molecule has 2 atom stereocenters. The molecular formula is C27H25Cl2N3O2. The van der Waals surface area contributed by atoms with Gasteiger partial charge in [0.15, 0.2) is 5.78 Å². The number of piperazine rings is 1. The van der Waals surface area contributed by atoms with Crippen molar-refractivity contribution in [2.45, 2.75) is 12.1 Å². The fraction of sp³-hybridized carbons (Fsp3) is 0.222. The number of benzene rings is 3. The van der Waals surface area contributed by atoms with Crippen molar-refractivity contribution in [1.29, 1.82) is 0 Å². The third-order valence-corrected chi connectivity index (χ3v) is 7.00. The fourth-order valence-corrected chi connectivity index (χ4v) is 5.07. The number of carbonyl (C=O) groups is 1. The van der Waals surface area contributed by atoms with Crippen LogP contribution in [0.5, 0.6) is 0 Å². The zero-order valence-corrected chi connectivity index (χ0v) is 20.0. The van der Waals surface area contributed by atoms with Crippen LogP contribution in [0.25, 0.3) is 10.9 Å². The number of nitrogens with one attached hydrogen (secondary N) is 1.